The molecule has 0 bridgehead atoms. The molecular weight excluding hydrogens is 138 g/mol. The average Bonchev–Trinajstić information content (AvgIpc) is 2.01. The predicted octanol–water partition coefficient (Wildman–Crippen LogP) is -4.05. The van der Waals surface area contributed by atoms with Crippen molar-refractivity contribution in [1.82, 2.24) is 11.0 Å². The van der Waals surface area contributed by atoms with Crippen molar-refractivity contribution in [3.8, 4) is 0 Å². The van der Waals surface area contributed by atoms with E-state index in [1.165, 1.54) is 0 Å². The molecule has 0 saturated carbocycles. The Hall–Kier alpha value is -0.240. The highest BCUT2D eigenvalue weighted by Crippen LogP contribution is 1.97. The molecule has 0 atom stereocenters. The average molecular weight is 152 g/mol. The molecule has 0 fully saturated rings. The summed E-state index contributed by atoms with van der Waals surface area (Å²) < 4.78 is 0. The van der Waals surface area contributed by atoms with Crippen LogP contribution < -0.4 is 16.8 Å². The predicted molar refractivity (Wildman–Crippen MR) is 33.1 cm³/mol. The number of aliphatic hydroxyl groups excluding tert-OH is 3. The van der Waals surface area contributed by atoms with E-state index in [1.54, 1.807) is 0 Å². The molecule has 6 nitrogen and oxygen atoms in total. The van der Waals surface area contributed by atoms with Crippen LogP contribution in [-0.4, -0.2) is 40.7 Å². The molecule has 0 rings (SSSR count). The van der Waals surface area contributed by atoms with Gasteiger partial charge >= 0.3 is 0 Å². The number of hydrazine groups is 1. The van der Waals surface area contributed by atoms with Crippen LogP contribution in [0.3, 0.4) is 0 Å². The summed E-state index contributed by atoms with van der Waals surface area (Å²) in [6.45, 7) is -1.08. The molecule has 0 amide bonds. The van der Waals surface area contributed by atoms with Crippen LogP contribution in [0.4, 0.5) is 0 Å². The maximum absolute atomic E-state index is 8.66. The van der Waals surface area contributed by atoms with Gasteiger partial charge in [-0.05, 0) is 0 Å². The monoisotopic (exact) mass is 152 g/mol. The number of quaternary nitrogens is 1. The van der Waals surface area contributed by atoms with Gasteiger partial charge in [0.2, 0.25) is 0 Å². The largest absolute Gasteiger partial charge is 0.394 e. The van der Waals surface area contributed by atoms with Crippen molar-refractivity contribution in [3.05, 3.63) is 0 Å². The summed E-state index contributed by atoms with van der Waals surface area (Å²) in [5, 5.41) is 26.0. The highest BCUT2D eigenvalue weighted by atomic mass is 16.3. The van der Waals surface area contributed by atoms with E-state index in [9.17, 15) is 0 Å². The lowest BCUT2D eigenvalue weighted by Gasteiger charge is -2.26. The van der Waals surface area contributed by atoms with Crippen LogP contribution in [0.15, 0.2) is 0 Å². The standard InChI is InChI=1S/C4H13N3O3/c5-7-6-4(1-8,2-9)3-10/h6-10H,1-3,5H2/p+1. The van der Waals surface area contributed by atoms with Gasteiger partial charge < -0.3 is 15.3 Å². The zero-order valence-electron chi connectivity index (χ0n) is 5.67. The maximum Gasteiger partial charge on any atom is 0.106 e. The van der Waals surface area contributed by atoms with Gasteiger partial charge in [-0.3, -0.25) is 5.84 Å². The van der Waals surface area contributed by atoms with E-state index in [0.29, 0.717) is 0 Å². The highest BCUT2D eigenvalue weighted by molar-refractivity contribution is 4.83. The van der Waals surface area contributed by atoms with E-state index in [2.05, 4.69) is 16.8 Å². The first kappa shape index (κ1) is 9.76. The fraction of sp³-hybridized carbons (Fsp3) is 1.00. The molecule has 0 aromatic carbocycles. The van der Waals surface area contributed by atoms with Gasteiger partial charge in [0.1, 0.15) is 5.54 Å². The fourth-order valence-electron chi connectivity index (χ4n) is 0.456. The lowest BCUT2D eigenvalue weighted by atomic mass is 10.1. The molecule has 0 spiro atoms. The Morgan fingerprint density at radius 1 is 1.10 bits per heavy atom. The highest BCUT2D eigenvalue weighted by Gasteiger charge is 2.27. The summed E-state index contributed by atoms with van der Waals surface area (Å²) in [6, 6.07) is 0. The van der Waals surface area contributed by atoms with Gasteiger partial charge in [-0.1, -0.05) is 0 Å². The number of rotatable bonds is 5. The van der Waals surface area contributed by atoms with Gasteiger partial charge in [0.15, 0.2) is 0 Å². The summed E-state index contributed by atoms with van der Waals surface area (Å²) >= 11 is 0. The molecule has 0 aromatic rings. The molecule has 0 heterocycles. The molecule has 0 aliphatic heterocycles. The van der Waals surface area contributed by atoms with Gasteiger partial charge in [-0.15, -0.1) is 5.53 Å². The molecule has 10 heavy (non-hydrogen) atoms. The fourth-order valence-corrected chi connectivity index (χ4v) is 0.456. The first-order valence-electron chi connectivity index (χ1n) is 2.86. The molecule has 0 aromatic heterocycles. The van der Waals surface area contributed by atoms with E-state index in [4.69, 9.17) is 15.3 Å². The third-order valence-electron chi connectivity index (χ3n) is 1.26. The summed E-state index contributed by atoms with van der Waals surface area (Å²) in [5.74, 6) is 3.22. The number of nitrogens with one attached hydrogen (secondary N) is 2. The molecule has 0 unspecified atom stereocenters. The SMILES string of the molecule is [NH3+]NNC(CO)(CO)CO. The van der Waals surface area contributed by atoms with Crippen LogP contribution >= 0.6 is 0 Å². The van der Waals surface area contributed by atoms with Gasteiger partial charge in [0.25, 0.3) is 0 Å². The molecule has 0 saturated heterocycles. The summed E-state index contributed by atoms with van der Waals surface area (Å²) in [4.78, 5) is 0. The van der Waals surface area contributed by atoms with Crippen molar-refractivity contribution in [2.24, 2.45) is 0 Å². The van der Waals surface area contributed by atoms with E-state index in [0.717, 1.165) is 0 Å². The summed E-state index contributed by atoms with van der Waals surface area (Å²) in [5.41, 5.74) is 3.63. The Kier molecular flexibility index (Phi) is 4.45. The smallest absolute Gasteiger partial charge is 0.106 e. The van der Waals surface area contributed by atoms with Crippen molar-refractivity contribution >= 4 is 0 Å². The van der Waals surface area contributed by atoms with Crippen LogP contribution in [-0.2, 0) is 0 Å². The van der Waals surface area contributed by atoms with Crippen LogP contribution in [0.5, 0.6) is 0 Å². The Morgan fingerprint density at radius 2 is 1.50 bits per heavy atom. The van der Waals surface area contributed by atoms with Gasteiger partial charge in [-0.25, -0.2) is 0 Å². The second-order valence-corrected chi connectivity index (χ2v) is 2.06. The zero-order valence-corrected chi connectivity index (χ0v) is 5.67. The normalized spacial score (nSPS) is 12.0. The number of aliphatic hydroxyl groups is 3. The van der Waals surface area contributed by atoms with Crippen LogP contribution in [0, 0.1) is 0 Å². The van der Waals surface area contributed by atoms with Gasteiger partial charge in [-0.2, -0.15) is 5.43 Å². The minimum atomic E-state index is -1.08. The Balaban J connectivity index is 3.87. The van der Waals surface area contributed by atoms with E-state index in [1.807, 2.05) is 0 Å². The second kappa shape index (κ2) is 4.56. The number of hydrogen-bond donors (Lipinski definition) is 6. The molecule has 6 heteroatoms. The molecule has 8 N–H and O–H groups in total. The van der Waals surface area contributed by atoms with Crippen molar-refractivity contribution in [2.75, 3.05) is 19.8 Å². The minimum absolute atomic E-state index is 0.359. The Morgan fingerprint density at radius 3 is 1.60 bits per heavy atom. The van der Waals surface area contributed by atoms with Crippen molar-refractivity contribution in [1.29, 1.82) is 0 Å². The Bertz CT molecular complexity index is 77.6. The Labute approximate surface area is 58.6 Å². The maximum atomic E-state index is 8.66. The third kappa shape index (κ3) is 2.18. The molecule has 0 aliphatic rings. The summed E-state index contributed by atoms with van der Waals surface area (Å²) in [6.07, 6.45) is 0. The van der Waals surface area contributed by atoms with E-state index in [-0.39, 0.29) is 19.8 Å². The molecule has 0 aliphatic carbocycles. The quantitative estimate of drug-likeness (QED) is 0.224. The summed E-state index contributed by atoms with van der Waals surface area (Å²) in [7, 11) is 0. The van der Waals surface area contributed by atoms with Gasteiger partial charge in [0, 0.05) is 0 Å². The third-order valence-corrected chi connectivity index (χ3v) is 1.26. The number of hydrogen-bond acceptors (Lipinski definition) is 5. The molecular formula is C4H14N3O3+. The van der Waals surface area contributed by atoms with E-state index >= 15 is 0 Å². The van der Waals surface area contributed by atoms with Crippen LogP contribution in [0.2, 0.25) is 0 Å². The van der Waals surface area contributed by atoms with Crippen LogP contribution in [0.1, 0.15) is 0 Å². The van der Waals surface area contributed by atoms with Crippen molar-refractivity contribution in [3.63, 3.8) is 0 Å². The van der Waals surface area contributed by atoms with E-state index < -0.39 is 5.54 Å². The van der Waals surface area contributed by atoms with Crippen LogP contribution in [0.25, 0.3) is 0 Å². The minimum Gasteiger partial charge on any atom is -0.394 e. The van der Waals surface area contributed by atoms with Crippen molar-refractivity contribution in [2.45, 2.75) is 5.54 Å². The lowest BCUT2D eigenvalue weighted by molar-refractivity contribution is -0.462. The molecule has 0 radical (unpaired) electrons. The lowest BCUT2D eigenvalue weighted by Crippen LogP contribution is -2.77. The second-order valence-electron chi connectivity index (χ2n) is 2.06. The molecule has 62 valence electrons. The van der Waals surface area contributed by atoms with Crippen molar-refractivity contribution < 1.29 is 21.2 Å². The van der Waals surface area contributed by atoms with Gasteiger partial charge in [0.05, 0.1) is 19.8 Å². The zero-order chi connectivity index (χ0) is 8.04. The topological polar surface area (TPSA) is 112 Å². The first-order valence-corrected chi connectivity index (χ1v) is 2.86. The first-order chi connectivity index (χ1) is 4.74.